The molecule has 0 bridgehead atoms. The smallest absolute Gasteiger partial charge is 0.0579 e. The molecule has 2 aromatic carbocycles. The van der Waals surface area contributed by atoms with Crippen LogP contribution >= 0.6 is 0 Å². The van der Waals surface area contributed by atoms with Gasteiger partial charge in [-0.05, 0) is 30.2 Å². The molecular formula is C18H19NO. The molecule has 0 aliphatic carbocycles. The van der Waals surface area contributed by atoms with Gasteiger partial charge in [-0.25, -0.2) is 0 Å². The van der Waals surface area contributed by atoms with E-state index in [1.807, 2.05) is 0 Å². The average molecular weight is 265 g/mol. The highest BCUT2D eigenvalue weighted by Crippen LogP contribution is 2.40. The molecule has 0 radical (unpaired) electrons. The second-order valence-corrected chi connectivity index (χ2v) is 6.27. The Labute approximate surface area is 120 Å². The number of hydrogen-bond donors (Lipinski definition) is 0. The van der Waals surface area contributed by atoms with Gasteiger partial charge in [0, 0.05) is 18.8 Å². The number of anilines is 1. The summed E-state index contributed by atoms with van der Waals surface area (Å²) in [4.78, 5) is 2.45. The van der Waals surface area contributed by atoms with E-state index < -0.39 is 0 Å². The summed E-state index contributed by atoms with van der Waals surface area (Å²) in [6.45, 7) is 6.33. The van der Waals surface area contributed by atoms with Crippen molar-refractivity contribution in [3.05, 3.63) is 54.1 Å². The molecule has 0 aromatic heterocycles. The molecule has 2 heterocycles. The fourth-order valence-corrected chi connectivity index (χ4v) is 3.21. The highest BCUT2D eigenvalue weighted by Gasteiger charge is 2.48. The predicted molar refractivity (Wildman–Crippen MR) is 82.1 cm³/mol. The zero-order chi connectivity index (χ0) is 13.6. The van der Waals surface area contributed by atoms with Crippen molar-refractivity contribution in [1.82, 2.24) is 0 Å². The van der Waals surface area contributed by atoms with Gasteiger partial charge in [0.15, 0.2) is 0 Å². The Morgan fingerprint density at radius 3 is 2.30 bits per heavy atom. The molecule has 102 valence electrons. The van der Waals surface area contributed by atoms with E-state index in [0.717, 1.165) is 26.3 Å². The highest BCUT2D eigenvalue weighted by molar-refractivity contribution is 5.67. The second kappa shape index (κ2) is 4.35. The standard InChI is InChI=1S/C18H19NO/c1-14-3-2-4-16(9-14)15-5-7-17(8-6-15)19-10-18(11-19)12-20-13-18/h2-9H,10-13H2,1H3. The van der Waals surface area contributed by atoms with Crippen molar-refractivity contribution in [2.24, 2.45) is 5.41 Å². The van der Waals surface area contributed by atoms with Gasteiger partial charge in [0.25, 0.3) is 0 Å². The summed E-state index contributed by atoms with van der Waals surface area (Å²) in [5, 5.41) is 0. The zero-order valence-corrected chi connectivity index (χ0v) is 11.8. The van der Waals surface area contributed by atoms with E-state index >= 15 is 0 Å². The Morgan fingerprint density at radius 1 is 0.950 bits per heavy atom. The van der Waals surface area contributed by atoms with Gasteiger partial charge >= 0.3 is 0 Å². The summed E-state index contributed by atoms with van der Waals surface area (Å²) in [5.74, 6) is 0. The van der Waals surface area contributed by atoms with Crippen LogP contribution in [0.15, 0.2) is 48.5 Å². The van der Waals surface area contributed by atoms with Crippen molar-refractivity contribution in [1.29, 1.82) is 0 Å². The lowest BCUT2D eigenvalue weighted by atomic mass is 9.78. The minimum absolute atomic E-state index is 0.481. The van der Waals surface area contributed by atoms with Crippen LogP contribution in [0.2, 0.25) is 0 Å². The summed E-state index contributed by atoms with van der Waals surface area (Å²) in [6.07, 6.45) is 0. The van der Waals surface area contributed by atoms with Crippen LogP contribution in [0.5, 0.6) is 0 Å². The third kappa shape index (κ3) is 1.92. The van der Waals surface area contributed by atoms with Crippen LogP contribution in [0.25, 0.3) is 11.1 Å². The zero-order valence-electron chi connectivity index (χ0n) is 11.8. The predicted octanol–water partition coefficient (Wildman–Crippen LogP) is 3.50. The third-order valence-electron chi connectivity index (χ3n) is 4.45. The largest absolute Gasteiger partial charge is 0.380 e. The van der Waals surface area contributed by atoms with E-state index in [0.29, 0.717) is 5.41 Å². The van der Waals surface area contributed by atoms with Crippen LogP contribution < -0.4 is 4.90 Å². The van der Waals surface area contributed by atoms with E-state index in [4.69, 9.17) is 4.74 Å². The Hall–Kier alpha value is -1.80. The number of aryl methyl sites for hydroxylation is 1. The molecule has 0 atom stereocenters. The van der Waals surface area contributed by atoms with Crippen LogP contribution in [0.1, 0.15) is 5.56 Å². The SMILES string of the molecule is Cc1cccc(-c2ccc(N3CC4(COC4)C3)cc2)c1. The van der Waals surface area contributed by atoms with Crippen LogP contribution in [0.3, 0.4) is 0 Å². The molecule has 2 aromatic rings. The third-order valence-corrected chi connectivity index (χ3v) is 4.45. The van der Waals surface area contributed by atoms with E-state index in [1.165, 1.54) is 22.4 Å². The average Bonchev–Trinajstić information content (AvgIpc) is 2.36. The topological polar surface area (TPSA) is 12.5 Å². The first-order chi connectivity index (χ1) is 9.74. The van der Waals surface area contributed by atoms with Crippen molar-refractivity contribution in [3.63, 3.8) is 0 Å². The number of benzene rings is 2. The van der Waals surface area contributed by atoms with Gasteiger partial charge in [-0.15, -0.1) is 0 Å². The first-order valence-electron chi connectivity index (χ1n) is 7.24. The van der Waals surface area contributed by atoms with Crippen molar-refractivity contribution in [2.75, 3.05) is 31.2 Å². The molecule has 2 aliphatic rings. The lowest BCUT2D eigenvalue weighted by molar-refractivity contribution is -0.127. The molecule has 2 nitrogen and oxygen atoms in total. The maximum atomic E-state index is 5.33. The van der Waals surface area contributed by atoms with Crippen LogP contribution in [0.4, 0.5) is 5.69 Å². The summed E-state index contributed by atoms with van der Waals surface area (Å²) in [7, 11) is 0. The van der Waals surface area contributed by atoms with E-state index in [-0.39, 0.29) is 0 Å². The van der Waals surface area contributed by atoms with Gasteiger partial charge in [0.2, 0.25) is 0 Å². The second-order valence-electron chi connectivity index (χ2n) is 6.27. The number of rotatable bonds is 2. The molecule has 20 heavy (non-hydrogen) atoms. The van der Waals surface area contributed by atoms with Gasteiger partial charge in [-0.3, -0.25) is 0 Å². The Bertz CT molecular complexity index is 620. The molecular weight excluding hydrogens is 246 g/mol. The quantitative estimate of drug-likeness (QED) is 0.824. The van der Waals surface area contributed by atoms with Gasteiger partial charge in [0.05, 0.1) is 18.6 Å². The summed E-state index contributed by atoms with van der Waals surface area (Å²) in [5.41, 5.74) is 5.71. The van der Waals surface area contributed by atoms with Crippen molar-refractivity contribution < 1.29 is 4.74 Å². The Balaban J connectivity index is 1.52. The van der Waals surface area contributed by atoms with Gasteiger partial charge in [-0.2, -0.15) is 0 Å². The summed E-state index contributed by atoms with van der Waals surface area (Å²) >= 11 is 0. The van der Waals surface area contributed by atoms with Gasteiger partial charge < -0.3 is 9.64 Å². The number of nitrogens with zero attached hydrogens (tertiary/aromatic N) is 1. The van der Waals surface area contributed by atoms with E-state index in [9.17, 15) is 0 Å². The monoisotopic (exact) mass is 265 g/mol. The van der Waals surface area contributed by atoms with Crippen LogP contribution in [0, 0.1) is 12.3 Å². The van der Waals surface area contributed by atoms with E-state index in [2.05, 4.69) is 60.4 Å². The minimum Gasteiger partial charge on any atom is -0.380 e. The summed E-state index contributed by atoms with van der Waals surface area (Å²) < 4.78 is 5.33. The molecule has 0 N–H and O–H groups in total. The molecule has 2 heteroatoms. The number of hydrogen-bond acceptors (Lipinski definition) is 2. The fourth-order valence-electron chi connectivity index (χ4n) is 3.21. The Morgan fingerprint density at radius 2 is 1.70 bits per heavy atom. The van der Waals surface area contributed by atoms with Crippen molar-refractivity contribution >= 4 is 5.69 Å². The first kappa shape index (κ1) is 12.0. The lowest BCUT2D eigenvalue weighted by Crippen LogP contribution is -2.66. The maximum absolute atomic E-state index is 5.33. The summed E-state index contributed by atoms with van der Waals surface area (Å²) in [6, 6.07) is 17.6. The molecule has 1 spiro atoms. The molecule has 4 rings (SSSR count). The molecule has 2 aliphatic heterocycles. The van der Waals surface area contributed by atoms with Crippen LogP contribution in [-0.2, 0) is 4.74 Å². The highest BCUT2D eigenvalue weighted by atomic mass is 16.5. The molecule has 0 unspecified atom stereocenters. The molecule has 2 saturated heterocycles. The fraction of sp³-hybridized carbons (Fsp3) is 0.333. The lowest BCUT2D eigenvalue weighted by Gasteiger charge is -2.56. The molecule has 0 amide bonds. The van der Waals surface area contributed by atoms with Crippen molar-refractivity contribution in [2.45, 2.75) is 6.92 Å². The maximum Gasteiger partial charge on any atom is 0.0579 e. The Kier molecular flexibility index (Phi) is 2.61. The normalized spacial score (nSPS) is 19.6. The van der Waals surface area contributed by atoms with Gasteiger partial charge in [0.1, 0.15) is 0 Å². The first-order valence-corrected chi connectivity index (χ1v) is 7.24. The molecule has 2 fully saturated rings. The minimum atomic E-state index is 0.481. The number of ether oxygens (including phenoxy) is 1. The van der Waals surface area contributed by atoms with E-state index in [1.54, 1.807) is 0 Å². The van der Waals surface area contributed by atoms with Crippen LogP contribution in [-0.4, -0.2) is 26.3 Å². The van der Waals surface area contributed by atoms with Crippen molar-refractivity contribution in [3.8, 4) is 11.1 Å². The van der Waals surface area contributed by atoms with Gasteiger partial charge in [-0.1, -0.05) is 42.0 Å². The molecule has 0 saturated carbocycles.